The fraction of sp³-hybridized carbons (Fsp3) is 0.375. The molecule has 0 saturated heterocycles. The van der Waals surface area contributed by atoms with Gasteiger partial charge in [-0.1, -0.05) is 0 Å². The summed E-state index contributed by atoms with van der Waals surface area (Å²) in [6.45, 7) is 4.70. The molecule has 0 saturated carbocycles. The molecule has 0 aliphatic heterocycles. The van der Waals surface area contributed by atoms with Gasteiger partial charge in [-0.2, -0.15) is 9.82 Å². The van der Waals surface area contributed by atoms with Gasteiger partial charge in [0.1, 0.15) is 10.6 Å². The Morgan fingerprint density at radius 3 is 2.54 bits per heavy atom. The van der Waals surface area contributed by atoms with Crippen molar-refractivity contribution in [2.75, 3.05) is 18.2 Å². The van der Waals surface area contributed by atoms with Gasteiger partial charge in [0, 0.05) is 13.1 Å². The first-order chi connectivity index (χ1) is 12.1. The van der Waals surface area contributed by atoms with Gasteiger partial charge in [-0.25, -0.2) is 8.42 Å². The third-order valence-corrected chi connectivity index (χ3v) is 5.75. The number of methoxy groups -OCH3 is 1. The minimum atomic E-state index is -3.91. The number of carbonyl (C=O) groups is 1. The van der Waals surface area contributed by atoms with Gasteiger partial charge in [-0.15, -0.1) is 0 Å². The summed E-state index contributed by atoms with van der Waals surface area (Å²) in [5.41, 5.74) is 7.36. The highest BCUT2D eigenvalue weighted by Crippen LogP contribution is 2.24. The number of nitrogen functional groups attached to an aromatic ring is 1. The summed E-state index contributed by atoms with van der Waals surface area (Å²) in [6.07, 6.45) is 0. The maximum atomic E-state index is 12.6. The fourth-order valence-electron chi connectivity index (χ4n) is 2.50. The lowest BCUT2D eigenvalue weighted by Crippen LogP contribution is -2.41. The second kappa shape index (κ2) is 7.34. The van der Waals surface area contributed by atoms with Crippen molar-refractivity contribution in [2.45, 2.75) is 31.7 Å². The minimum absolute atomic E-state index is 0.0699. The highest BCUT2D eigenvalue weighted by atomic mass is 32.2. The standard InChI is InChI=1S/C16H23N5O4S/c1-9-15(11(3)21(4)19-9)26(23,24)20-10(2)16(22)18-14-8-12(25-5)6-7-13(14)17/h6-8,10,20H,17H2,1-5H3,(H,18,22). The zero-order valence-corrected chi connectivity index (χ0v) is 16.1. The van der Waals surface area contributed by atoms with E-state index in [1.807, 2.05) is 0 Å². The molecule has 0 aliphatic carbocycles. The molecule has 0 spiro atoms. The highest BCUT2D eigenvalue weighted by molar-refractivity contribution is 7.89. The van der Waals surface area contributed by atoms with Crippen LogP contribution in [0.4, 0.5) is 11.4 Å². The summed E-state index contributed by atoms with van der Waals surface area (Å²) in [4.78, 5) is 12.5. The van der Waals surface area contributed by atoms with Gasteiger partial charge < -0.3 is 15.8 Å². The number of rotatable bonds is 6. The van der Waals surface area contributed by atoms with Crippen molar-refractivity contribution < 1.29 is 17.9 Å². The van der Waals surface area contributed by atoms with Crippen molar-refractivity contribution >= 4 is 27.3 Å². The van der Waals surface area contributed by atoms with Gasteiger partial charge in [0.2, 0.25) is 15.9 Å². The Morgan fingerprint density at radius 1 is 1.35 bits per heavy atom. The lowest BCUT2D eigenvalue weighted by molar-refractivity contribution is -0.117. The van der Waals surface area contributed by atoms with E-state index >= 15 is 0 Å². The van der Waals surface area contributed by atoms with Gasteiger partial charge in [0.15, 0.2) is 0 Å². The Balaban J connectivity index is 2.19. The largest absolute Gasteiger partial charge is 0.497 e. The van der Waals surface area contributed by atoms with Crippen molar-refractivity contribution in [3.63, 3.8) is 0 Å². The van der Waals surface area contributed by atoms with E-state index in [9.17, 15) is 13.2 Å². The van der Waals surface area contributed by atoms with E-state index in [0.29, 0.717) is 28.5 Å². The summed E-state index contributed by atoms with van der Waals surface area (Å²) in [6, 6.07) is 3.78. The van der Waals surface area contributed by atoms with Crippen LogP contribution in [0.3, 0.4) is 0 Å². The second-order valence-corrected chi connectivity index (χ2v) is 7.56. The third-order valence-electron chi connectivity index (χ3n) is 3.95. The number of nitrogens with two attached hydrogens (primary N) is 1. The Kier molecular flexibility index (Phi) is 5.57. The molecule has 2 rings (SSSR count). The normalized spacial score (nSPS) is 12.7. The number of hydrogen-bond acceptors (Lipinski definition) is 6. The van der Waals surface area contributed by atoms with Crippen molar-refractivity contribution in [1.82, 2.24) is 14.5 Å². The van der Waals surface area contributed by atoms with E-state index in [0.717, 1.165) is 0 Å². The van der Waals surface area contributed by atoms with Crippen LogP contribution in [0.5, 0.6) is 5.75 Å². The van der Waals surface area contributed by atoms with E-state index < -0.39 is 22.0 Å². The third kappa shape index (κ3) is 3.97. The summed E-state index contributed by atoms with van der Waals surface area (Å²) >= 11 is 0. The van der Waals surface area contributed by atoms with Crippen LogP contribution < -0.4 is 20.5 Å². The molecule has 0 fully saturated rings. The second-order valence-electron chi connectivity index (χ2n) is 5.91. The van der Waals surface area contributed by atoms with Crippen LogP contribution in [-0.2, 0) is 21.9 Å². The molecule has 1 atom stereocenters. The number of anilines is 2. The number of aromatic nitrogens is 2. The van der Waals surface area contributed by atoms with Crippen LogP contribution in [-0.4, -0.2) is 37.3 Å². The molecule has 4 N–H and O–H groups in total. The van der Waals surface area contributed by atoms with Crippen molar-refractivity contribution in [2.24, 2.45) is 7.05 Å². The minimum Gasteiger partial charge on any atom is -0.497 e. The predicted molar refractivity (Wildman–Crippen MR) is 98.5 cm³/mol. The molecule has 10 heteroatoms. The van der Waals surface area contributed by atoms with E-state index in [4.69, 9.17) is 10.5 Å². The van der Waals surface area contributed by atoms with Crippen LogP contribution in [0.25, 0.3) is 0 Å². The number of benzene rings is 1. The zero-order chi connectivity index (χ0) is 19.6. The maximum absolute atomic E-state index is 12.6. The number of sulfonamides is 1. The molecule has 1 unspecified atom stereocenters. The Hall–Kier alpha value is -2.59. The van der Waals surface area contributed by atoms with Gasteiger partial charge in [0.05, 0.1) is 35.9 Å². The molecule has 1 amide bonds. The number of nitrogens with zero attached hydrogens (tertiary/aromatic N) is 2. The lowest BCUT2D eigenvalue weighted by atomic mass is 10.2. The summed E-state index contributed by atoms with van der Waals surface area (Å²) < 4.78 is 34.2. The number of aryl methyl sites for hydroxylation is 2. The molecule has 2 aromatic rings. The summed E-state index contributed by atoms with van der Waals surface area (Å²) in [5, 5.41) is 6.70. The molecule has 1 aromatic carbocycles. The van der Waals surface area contributed by atoms with E-state index in [1.165, 1.54) is 18.7 Å². The number of hydrogen-bond donors (Lipinski definition) is 3. The van der Waals surface area contributed by atoms with Crippen molar-refractivity contribution in [1.29, 1.82) is 0 Å². The predicted octanol–water partition coefficient (Wildman–Crippen LogP) is 0.933. The smallest absolute Gasteiger partial charge is 0.244 e. The molecule has 26 heavy (non-hydrogen) atoms. The van der Waals surface area contributed by atoms with Gasteiger partial charge >= 0.3 is 0 Å². The molecule has 1 aromatic heterocycles. The number of nitrogens with one attached hydrogen (secondary N) is 2. The molecular weight excluding hydrogens is 358 g/mol. The van der Waals surface area contributed by atoms with Crippen molar-refractivity contribution in [3.05, 3.63) is 29.6 Å². The van der Waals surface area contributed by atoms with E-state index in [-0.39, 0.29) is 4.90 Å². The fourth-order valence-corrected chi connectivity index (χ4v) is 4.14. The highest BCUT2D eigenvalue weighted by Gasteiger charge is 2.28. The van der Waals surface area contributed by atoms with Gasteiger partial charge in [0.25, 0.3) is 0 Å². The lowest BCUT2D eigenvalue weighted by Gasteiger charge is -2.16. The Morgan fingerprint density at radius 2 is 2.00 bits per heavy atom. The van der Waals surface area contributed by atoms with Crippen LogP contribution in [0.2, 0.25) is 0 Å². The van der Waals surface area contributed by atoms with Crippen LogP contribution in [0.15, 0.2) is 23.1 Å². The first-order valence-electron chi connectivity index (χ1n) is 7.83. The van der Waals surface area contributed by atoms with E-state index in [1.54, 1.807) is 39.1 Å². The average Bonchev–Trinajstić information content (AvgIpc) is 2.81. The summed E-state index contributed by atoms with van der Waals surface area (Å²) in [5.74, 6) is -0.0305. The van der Waals surface area contributed by atoms with Crippen LogP contribution in [0, 0.1) is 13.8 Å². The molecule has 1 heterocycles. The summed E-state index contributed by atoms with van der Waals surface area (Å²) in [7, 11) is -0.762. The number of ether oxygens (including phenoxy) is 1. The first-order valence-corrected chi connectivity index (χ1v) is 9.32. The van der Waals surface area contributed by atoms with Gasteiger partial charge in [-0.05, 0) is 32.9 Å². The zero-order valence-electron chi connectivity index (χ0n) is 15.3. The molecule has 0 radical (unpaired) electrons. The average molecular weight is 381 g/mol. The SMILES string of the molecule is COc1ccc(N)c(NC(=O)C(C)NS(=O)(=O)c2c(C)nn(C)c2C)c1. The van der Waals surface area contributed by atoms with Gasteiger partial charge in [-0.3, -0.25) is 9.48 Å². The topological polar surface area (TPSA) is 128 Å². The number of carbonyl (C=O) groups excluding carboxylic acids is 1. The molecule has 0 bridgehead atoms. The molecular formula is C16H23N5O4S. The molecule has 9 nitrogen and oxygen atoms in total. The number of amides is 1. The van der Waals surface area contributed by atoms with Crippen molar-refractivity contribution in [3.8, 4) is 5.75 Å². The first kappa shape index (κ1) is 19.7. The van der Waals surface area contributed by atoms with Crippen LogP contribution in [0.1, 0.15) is 18.3 Å². The maximum Gasteiger partial charge on any atom is 0.244 e. The monoisotopic (exact) mass is 381 g/mol. The molecule has 142 valence electrons. The quantitative estimate of drug-likeness (QED) is 0.639. The Bertz CT molecular complexity index is 936. The Labute approximate surface area is 152 Å². The molecule has 0 aliphatic rings. The van der Waals surface area contributed by atoms with Crippen LogP contribution >= 0.6 is 0 Å². The van der Waals surface area contributed by atoms with E-state index in [2.05, 4.69) is 15.1 Å².